The zero-order valence-electron chi connectivity index (χ0n) is 20.7. The normalized spacial score (nSPS) is 19.5. The number of aryl methyl sites for hydroxylation is 1. The van der Waals surface area contributed by atoms with E-state index in [1.165, 1.54) is 15.5 Å². The fourth-order valence-corrected chi connectivity index (χ4v) is 6.19. The molecular formula is C26H33N3O5S. The summed E-state index contributed by atoms with van der Waals surface area (Å²) in [5.41, 5.74) is 4.64. The van der Waals surface area contributed by atoms with Crippen LogP contribution in [0.25, 0.3) is 0 Å². The van der Waals surface area contributed by atoms with E-state index in [2.05, 4.69) is 5.32 Å². The number of nitrogens with zero attached hydrogens (tertiary/aromatic N) is 2. The van der Waals surface area contributed by atoms with Crippen LogP contribution in [-0.4, -0.2) is 63.2 Å². The average molecular weight is 500 g/mol. The predicted octanol–water partition coefficient (Wildman–Crippen LogP) is 3.27. The van der Waals surface area contributed by atoms with Gasteiger partial charge in [0, 0.05) is 30.4 Å². The Kier molecular flexibility index (Phi) is 7.19. The van der Waals surface area contributed by atoms with E-state index in [4.69, 9.17) is 4.74 Å². The molecule has 0 aromatic heterocycles. The number of nitrogens with one attached hydrogen (secondary N) is 1. The lowest BCUT2D eigenvalue weighted by Gasteiger charge is -2.26. The van der Waals surface area contributed by atoms with Gasteiger partial charge in [-0.15, -0.1) is 0 Å². The third-order valence-corrected chi connectivity index (χ3v) is 8.06. The number of sulfonamides is 1. The highest BCUT2D eigenvalue weighted by Gasteiger charge is 2.33. The zero-order valence-corrected chi connectivity index (χ0v) is 21.5. The van der Waals surface area contributed by atoms with Crippen LogP contribution in [0.3, 0.4) is 0 Å². The van der Waals surface area contributed by atoms with Gasteiger partial charge < -0.3 is 15.0 Å². The third-order valence-electron chi connectivity index (χ3n) is 6.79. The number of benzene rings is 2. The van der Waals surface area contributed by atoms with Crippen LogP contribution in [0.5, 0.6) is 0 Å². The van der Waals surface area contributed by atoms with Gasteiger partial charge in [-0.25, -0.2) is 8.42 Å². The molecule has 2 aliphatic heterocycles. The van der Waals surface area contributed by atoms with Crippen LogP contribution >= 0.6 is 0 Å². The van der Waals surface area contributed by atoms with Gasteiger partial charge in [-0.05, 0) is 81.0 Å². The molecule has 0 aliphatic carbocycles. The molecule has 8 nitrogen and oxygen atoms in total. The number of anilines is 2. The predicted molar refractivity (Wildman–Crippen MR) is 136 cm³/mol. The van der Waals surface area contributed by atoms with Crippen molar-refractivity contribution in [2.45, 2.75) is 52.2 Å². The number of hydrogen-bond acceptors (Lipinski definition) is 5. The first-order valence-corrected chi connectivity index (χ1v) is 13.8. The fraction of sp³-hybridized carbons (Fsp3) is 0.462. The monoisotopic (exact) mass is 499 g/mol. The largest absolute Gasteiger partial charge is 0.376 e. The van der Waals surface area contributed by atoms with Crippen LogP contribution in [0.4, 0.5) is 11.4 Å². The summed E-state index contributed by atoms with van der Waals surface area (Å²) in [5.74, 6) is -0.548. The molecule has 0 radical (unpaired) electrons. The maximum atomic E-state index is 13.6. The summed E-state index contributed by atoms with van der Waals surface area (Å²) in [7, 11) is -3.41. The van der Waals surface area contributed by atoms with Crippen molar-refractivity contribution in [2.24, 2.45) is 0 Å². The van der Waals surface area contributed by atoms with Crippen LogP contribution < -0.4 is 9.62 Å². The van der Waals surface area contributed by atoms with Crippen molar-refractivity contribution in [3.63, 3.8) is 0 Å². The van der Waals surface area contributed by atoms with Crippen molar-refractivity contribution in [2.75, 3.05) is 35.6 Å². The molecule has 9 heteroatoms. The average Bonchev–Trinajstić information content (AvgIpc) is 3.41. The minimum absolute atomic E-state index is 0.102. The van der Waals surface area contributed by atoms with Crippen molar-refractivity contribution in [1.29, 1.82) is 0 Å². The maximum Gasteiger partial charge on any atom is 0.254 e. The first-order valence-electron chi connectivity index (χ1n) is 11.9. The number of rotatable bonds is 7. The van der Waals surface area contributed by atoms with Crippen LogP contribution in [-0.2, 0) is 26.0 Å². The summed E-state index contributed by atoms with van der Waals surface area (Å²) in [6.07, 6.45) is 3.38. The van der Waals surface area contributed by atoms with Gasteiger partial charge in [0.25, 0.3) is 5.91 Å². The Morgan fingerprint density at radius 1 is 1.20 bits per heavy atom. The number of ether oxygens (including phenoxy) is 1. The highest BCUT2D eigenvalue weighted by atomic mass is 32.2. The van der Waals surface area contributed by atoms with Crippen LogP contribution in [0, 0.1) is 13.8 Å². The Labute approximate surface area is 207 Å². The number of carbonyl (C=O) groups excluding carboxylic acids is 2. The molecule has 2 aromatic rings. The zero-order chi connectivity index (χ0) is 25.3. The second-order valence-corrected chi connectivity index (χ2v) is 11.4. The minimum atomic E-state index is -3.41. The number of hydrogen-bond donors (Lipinski definition) is 1. The van der Waals surface area contributed by atoms with E-state index in [1.54, 1.807) is 18.2 Å². The maximum absolute atomic E-state index is 13.6. The molecule has 2 aliphatic rings. The van der Waals surface area contributed by atoms with Crippen molar-refractivity contribution >= 4 is 33.2 Å². The Balaban J connectivity index is 1.56. The topological polar surface area (TPSA) is 96.0 Å². The van der Waals surface area contributed by atoms with Gasteiger partial charge in [0.2, 0.25) is 15.9 Å². The third kappa shape index (κ3) is 5.51. The molecule has 1 N–H and O–H groups in total. The molecule has 2 atom stereocenters. The highest BCUT2D eigenvalue weighted by molar-refractivity contribution is 7.92. The first-order chi connectivity index (χ1) is 16.5. The summed E-state index contributed by atoms with van der Waals surface area (Å²) < 4.78 is 31.6. The molecule has 2 heterocycles. The molecular weight excluding hydrogens is 466 g/mol. The summed E-state index contributed by atoms with van der Waals surface area (Å²) in [5, 5.41) is 2.94. The molecule has 0 bridgehead atoms. The Bertz CT molecular complexity index is 1240. The van der Waals surface area contributed by atoms with Crippen molar-refractivity contribution in [1.82, 2.24) is 4.90 Å². The second kappa shape index (κ2) is 9.99. The summed E-state index contributed by atoms with van der Waals surface area (Å²) in [6.45, 7) is 6.66. The molecule has 188 valence electrons. The lowest BCUT2D eigenvalue weighted by atomic mass is 10.1. The quantitative estimate of drug-likeness (QED) is 0.631. The molecule has 0 saturated carbocycles. The van der Waals surface area contributed by atoms with Gasteiger partial charge in [-0.3, -0.25) is 13.9 Å². The van der Waals surface area contributed by atoms with E-state index < -0.39 is 10.0 Å². The van der Waals surface area contributed by atoms with E-state index in [0.29, 0.717) is 30.8 Å². The van der Waals surface area contributed by atoms with Gasteiger partial charge >= 0.3 is 0 Å². The lowest BCUT2D eigenvalue weighted by Crippen LogP contribution is -2.42. The smallest absolute Gasteiger partial charge is 0.254 e. The molecule has 35 heavy (non-hydrogen) atoms. The van der Waals surface area contributed by atoms with E-state index in [-0.39, 0.29) is 30.5 Å². The van der Waals surface area contributed by atoms with Crippen LogP contribution in [0.15, 0.2) is 36.4 Å². The Hall–Kier alpha value is -2.91. The molecule has 2 aromatic carbocycles. The molecule has 4 rings (SSSR count). The van der Waals surface area contributed by atoms with Gasteiger partial charge in [-0.1, -0.05) is 12.1 Å². The lowest BCUT2D eigenvalue weighted by molar-refractivity contribution is -0.117. The van der Waals surface area contributed by atoms with Crippen LogP contribution in [0.2, 0.25) is 0 Å². The standard InChI is InChI=1S/C26H33N3O5S/c1-17-7-5-9-23(19(17)3)27-25(30)16-28(15-22-8-6-12-34-22)26(31)20-10-11-24-21(14-20)13-18(2)29(24)35(4,32)33/h5,7,9-11,14,18,22H,6,8,12-13,15-16H2,1-4H3,(H,27,30). The molecule has 2 amide bonds. The van der Waals surface area contributed by atoms with Crippen molar-refractivity contribution in [3.8, 4) is 0 Å². The molecule has 1 saturated heterocycles. The minimum Gasteiger partial charge on any atom is -0.376 e. The fourth-order valence-electron chi connectivity index (χ4n) is 4.93. The molecule has 2 unspecified atom stereocenters. The second-order valence-electron chi connectivity index (χ2n) is 9.57. The molecule has 0 spiro atoms. The van der Waals surface area contributed by atoms with Crippen molar-refractivity contribution < 1.29 is 22.7 Å². The highest BCUT2D eigenvalue weighted by Crippen LogP contribution is 2.35. The van der Waals surface area contributed by atoms with Gasteiger partial charge in [0.05, 0.1) is 18.0 Å². The summed E-state index contributed by atoms with van der Waals surface area (Å²) in [6, 6.07) is 10.6. The van der Waals surface area contributed by atoms with Gasteiger partial charge in [0.1, 0.15) is 6.54 Å². The van der Waals surface area contributed by atoms with E-state index >= 15 is 0 Å². The number of fused-ring (bicyclic) bond motifs is 1. The Morgan fingerprint density at radius 3 is 2.66 bits per heavy atom. The van der Waals surface area contributed by atoms with Crippen LogP contribution in [0.1, 0.15) is 46.8 Å². The van der Waals surface area contributed by atoms with Gasteiger partial charge in [-0.2, -0.15) is 0 Å². The van der Waals surface area contributed by atoms with Gasteiger partial charge in [0.15, 0.2) is 0 Å². The van der Waals surface area contributed by atoms with E-state index in [1.807, 2.05) is 39.0 Å². The molecule has 1 fully saturated rings. The SMILES string of the molecule is Cc1cccc(NC(=O)CN(CC2CCCO2)C(=O)c2ccc3c(c2)CC(C)N3S(C)(=O)=O)c1C. The summed E-state index contributed by atoms with van der Waals surface area (Å²) >= 11 is 0. The van der Waals surface area contributed by atoms with E-state index in [0.717, 1.165) is 35.2 Å². The summed E-state index contributed by atoms with van der Waals surface area (Å²) in [4.78, 5) is 28.1. The Morgan fingerprint density at radius 2 is 1.97 bits per heavy atom. The first kappa shape index (κ1) is 25.2. The number of carbonyl (C=O) groups is 2. The number of amides is 2. The van der Waals surface area contributed by atoms with Crippen molar-refractivity contribution in [3.05, 3.63) is 58.7 Å². The van der Waals surface area contributed by atoms with E-state index in [9.17, 15) is 18.0 Å².